The summed E-state index contributed by atoms with van der Waals surface area (Å²) in [5.74, 6) is 1.72. The summed E-state index contributed by atoms with van der Waals surface area (Å²) >= 11 is 0. The third-order valence-corrected chi connectivity index (χ3v) is 5.69. The molecular weight excluding hydrogens is 376 g/mol. The van der Waals surface area contributed by atoms with Gasteiger partial charge in [0.25, 0.3) is 0 Å². The number of carbonyl (C=O) groups is 1. The molecule has 0 aromatic heterocycles. The molecule has 1 aliphatic heterocycles. The molecule has 1 saturated heterocycles. The summed E-state index contributed by atoms with van der Waals surface area (Å²) in [5.41, 5.74) is 3.73. The summed E-state index contributed by atoms with van der Waals surface area (Å²) in [5, 5.41) is 3.11. The predicted molar refractivity (Wildman–Crippen MR) is 120 cm³/mol. The summed E-state index contributed by atoms with van der Waals surface area (Å²) < 4.78 is 11.3. The van der Waals surface area contributed by atoms with Crippen LogP contribution in [0.15, 0.2) is 42.5 Å². The zero-order valence-electron chi connectivity index (χ0n) is 18.4. The minimum Gasteiger partial charge on any atom is -0.490 e. The van der Waals surface area contributed by atoms with Crippen molar-refractivity contribution in [1.82, 2.24) is 10.2 Å². The van der Waals surface area contributed by atoms with Crippen molar-refractivity contribution in [2.24, 2.45) is 5.92 Å². The second kappa shape index (κ2) is 11.0. The smallest absolute Gasteiger partial charge is 0.223 e. The molecule has 5 nitrogen and oxygen atoms in total. The minimum atomic E-state index is 0.0900. The van der Waals surface area contributed by atoms with Crippen molar-refractivity contribution >= 4 is 5.91 Å². The van der Waals surface area contributed by atoms with E-state index >= 15 is 0 Å². The molecule has 0 atom stereocenters. The van der Waals surface area contributed by atoms with Crippen LogP contribution in [0.3, 0.4) is 0 Å². The van der Waals surface area contributed by atoms with Gasteiger partial charge in [0.1, 0.15) is 0 Å². The quantitative estimate of drug-likeness (QED) is 0.669. The summed E-state index contributed by atoms with van der Waals surface area (Å²) in [6.07, 6.45) is 1.82. The van der Waals surface area contributed by atoms with Crippen LogP contribution in [0.5, 0.6) is 11.5 Å². The van der Waals surface area contributed by atoms with Gasteiger partial charge >= 0.3 is 0 Å². The Bertz CT molecular complexity index is 829. The Morgan fingerprint density at radius 2 is 1.73 bits per heavy atom. The lowest BCUT2D eigenvalue weighted by Gasteiger charge is -2.31. The summed E-state index contributed by atoms with van der Waals surface area (Å²) in [4.78, 5) is 15.1. The topological polar surface area (TPSA) is 50.8 Å². The fraction of sp³-hybridized carbons (Fsp3) is 0.480. The first-order valence-electron chi connectivity index (χ1n) is 11.0. The zero-order valence-corrected chi connectivity index (χ0v) is 18.4. The molecule has 1 amide bonds. The Morgan fingerprint density at radius 1 is 1.03 bits per heavy atom. The highest BCUT2D eigenvalue weighted by Gasteiger charge is 2.25. The van der Waals surface area contributed by atoms with Crippen molar-refractivity contribution in [3.05, 3.63) is 59.2 Å². The molecule has 3 rings (SSSR count). The van der Waals surface area contributed by atoms with Crippen LogP contribution in [-0.4, -0.2) is 37.1 Å². The van der Waals surface area contributed by atoms with Crippen LogP contribution in [-0.2, 0) is 17.9 Å². The maximum absolute atomic E-state index is 12.7. The predicted octanol–water partition coefficient (Wildman–Crippen LogP) is 4.32. The van der Waals surface area contributed by atoms with Crippen molar-refractivity contribution in [1.29, 1.82) is 0 Å². The Kier molecular flexibility index (Phi) is 8.14. The van der Waals surface area contributed by atoms with E-state index in [0.717, 1.165) is 49.5 Å². The third kappa shape index (κ3) is 5.99. The van der Waals surface area contributed by atoms with E-state index in [1.165, 1.54) is 11.1 Å². The first kappa shape index (κ1) is 22.2. The molecule has 162 valence electrons. The molecule has 0 saturated carbocycles. The monoisotopic (exact) mass is 410 g/mol. The van der Waals surface area contributed by atoms with Crippen LogP contribution in [0, 0.1) is 12.8 Å². The van der Waals surface area contributed by atoms with E-state index in [-0.39, 0.29) is 11.8 Å². The highest BCUT2D eigenvalue weighted by atomic mass is 16.5. The zero-order chi connectivity index (χ0) is 21.3. The van der Waals surface area contributed by atoms with Crippen molar-refractivity contribution in [2.45, 2.75) is 46.7 Å². The Hall–Kier alpha value is -2.53. The lowest BCUT2D eigenvalue weighted by molar-refractivity contribution is -0.126. The second-order valence-electron chi connectivity index (χ2n) is 7.84. The summed E-state index contributed by atoms with van der Waals surface area (Å²) in [7, 11) is 0. The van der Waals surface area contributed by atoms with Crippen LogP contribution in [0.1, 0.15) is 43.4 Å². The van der Waals surface area contributed by atoms with Gasteiger partial charge in [0.15, 0.2) is 11.5 Å². The highest BCUT2D eigenvalue weighted by molar-refractivity contribution is 5.78. The molecule has 5 heteroatoms. The van der Waals surface area contributed by atoms with Gasteiger partial charge in [-0.15, -0.1) is 0 Å². The fourth-order valence-corrected chi connectivity index (χ4v) is 3.92. The number of nitrogens with zero attached hydrogens (tertiary/aromatic N) is 1. The van der Waals surface area contributed by atoms with Gasteiger partial charge in [0.05, 0.1) is 13.2 Å². The van der Waals surface area contributed by atoms with Crippen LogP contribution < -0.4 is 14.8 Å². The first-order valence-corrected chi connectivity index (χ1v) is 11.0. The summed E-state index contributed by atoms with van der Waals surface area (Å²) in [6, 6.07) is 14.4. The average Bonchev–Trinajstić information content (AvgIpc) is 2.76. The number of carbonyl (C=O) groups excluding carboxylic acids is 1. The van der Waals surface area contributed by atoms with Crippen LogP contribution in [0.4, 0.5) is 0 Å². The fourth-order valence-electron chi connectivity index (χ4n) is 3.92. The van der Waals surface area contributed by atoms with Gasteiger partial charge in [-0.1, -0.05) is 30.3 Å². The largest absolute Gasteiger partial charge is 0.490 e. The van der Waals surface area contributed by atoms with Gasteiger partial charge in [-0.25, -0.2) is 0 Å². The molecule has 1 N–H and O–H groups in total. The average molecular weight is 411 g/mol. The molecule has 0 bridgehead atoms. The lowest BCUT2D eigenvalue weighted by atomic mass is 9.95. The van der Waals surface area contributed by atoms with E-state index in [0.29, 0.717) is 19.8 Å². The number of hydrogen-bond donors (Lipinski definition) is 1. The number of rotatable bonds is 9. The number of likely N-dealkylation sites (tertiary alicyclic amines) is 1. The van der Waals surface area contributed by atoms with Gasteiger partial charge in [0.2, 0.25) is 5.91 Å². The second-order valence-corrected chi connectivity index (χ2v) is 7.84. The van der Waals surface area contributed by atoms with E-state index in [4.69, 9.17) is 9.47 Å². The lowest BCUT2D eigenvalue weighted by Crippen LogP contribution is -2.40. The number of piperidine rings is 1. The van der Waals surface area contributed by atoms with Crippen molar-refractivity contribution in [3.8, 4) is 11.5 Å². The molecule has 0 radical (unpaired) electrons. The Balaban J connectivity index is 1.48. The minimum absolute atomic E-state index is 0.0900. The van der Waals surface area contributed by atoms with E-state index in [9.17, 15) is 4.79 Å². The molecule has 1 fully saturated rings. The molecular formula is C25H34N2O3. The number of benzene rings is 2. The van der Waals surface area contributed by atoms with Gasteiger partial charge in [0, 0.05) is 19.0 Å². The van der Waals surface area contributed by atoms with Crippen molar-refractivity contribution in [3.63, 3.8) is 0 Å². The molecule has 30 heavy (non-hydrogen) atoms. The third-order valence-electron chi connectivity index (χ3n) is 5.69. The SMILES string of the molecule is CCOc1ccc(CNC(=O)C2CCN(Cc3ccccc3C)CC2)cc1OCC. The number of amides is 1. The van der Waals surface area contributed by atoms with Crippen LogP contribution >= 0.6 is 0 Å². The van der Waals surface area contributed by atoms with Gasteiger partial charge in [-0.05, 0) is 75.5 Å². The van der Waals surface area contributed by atoms with Crippen molar-refractivity contribution < 1.29 is 14.3 Å². The normalized spacial score (nSPS) is 15.0. The maximum atomic E-state index is 12.7. The van der Waals surface area contributed by atoms with E-state index in [2.05, 4.69) is 41.4 Å². The molecule has 1 aliphatic rings. The number of aryl methyl sites for hydroxylation is 1. The Morgan fingerprint density at radius 3 is 2.43 bits per heavy atom. The molecule has 0 unspecified atom stereocenters. The van der Waals surface area contributed by atoms with Gasteiger partial charge in [-0.2, -0.15) is 0 Å². The molecule has 2 aromatic carbocycles. The van der Waals surface area contributed by atoms with E-state index in [1.807, 2.05) is 32.0 Å². The standard InChI is InChI=1S/C25H34N2O3/c1-4-29-23-11-10-20(16-24(23)30-5-2)17-26-25(28)21-12-14-27(15-13-21)18-22-9-7-6-8-19(22)3/h6-11,16,21H,4-5,12-15,17-18H2,1-3H3,(H,26,28). The molecule has 0 spiro atoms. The number of ether oxygens (including phenoxy) is 2. The van der Waals surface area contributed by atoms with Crippen molar-refractivity contribution in [2.75, 3.05) is 26.3 Å². The van der Waals surface area contributed by atoms with Crippen LogP contribution in [0.2, 0.25) is 0 Å². The van der Waals surface area contributed by atoms with E-state index in [1.54, 1.807) is 0 Å². The molecule has 0 aliphatic carbocycles. The summed E-state index contributed by atoms with van der Waals surface area (Å²) in [6.45, 7) is 10.6. The van der Waals surface area contributed by atoms with Crippen LogP contribution in [0.25, 0.3) is 0 Å². The number of nitrogens with one attached hydrogen (secondary N) is 1. The van der Waals surface area contributed by atoms with Gasteiger partial charge < -0.3 is 14.8 Å². The molecule has 1 heterocycles. The maximum Gasteiger partial charge on any atom is 0.223 e. The van der Waals surface area contributed by atoms with Gasteiger partial charge in [-0.3, -0.25) is 9.69 Å². The first-order chi connectivity index (χ1) is 14.6. The molecule has 2 aromatic rings. The van der Waals surface area contributed by atoms with E-state index < -0.39 is 0 Å². The highest BCUT2D eigenvalue weighted by Crippen LogP contribution is 2.28. The number of hydrogen-bond acceptors (Lipinski definition) is 4. The Labute approximate surface area is 180 Å².